The lowest BCUT2D eigenvalue weighted by molar-refractivity contribution is 0.968. The molecule has 0 spiro atoms. The van der Waals surface area contributed by atoms with E-state index in [1.807, 2.05) is 0 Å². The van der Waals surface area contributed by atoms with Crippen LogP contribution in [0.15, 0.2) is 18.2 Å². The van der Waals surface area contributed by atoms with Crippen LogP contribution in [0.2, 0.25) is 10.0 Å². The summed E-state index contributed by atoms with van der Waals surface area (Å²) in [6.45, 7) is 0.528. The molecule has 0 amide bonds. The third kappa shape index (κ3) is 3.18. The van der Waals surface area contributed by atoms with Gasteiger partial charge in [0.15, 0.2) is 5.82 Å². The number of alkyl halides is 1. The van der Waals surface area contributed by atoms with E-state index in [0.29, 0.717) is 39.7 Å². The van der Waals surface area contributed by atoms with Crippen LogP contribution in [0.4, 0.5) is 11.8 Å². The molecule has 1 aromatic carbocycles. The number of rotatable bonds is 4. The third-order valence-corrected chi connectivity index (χ3v) is 3.31. The fraction of sp³-hybridized carbons (Fsp3) is 0.182. The van der Waals surface area contributed by atoms with Gasteiger partial charge in [-0.1, -0.05) is 35.3 Å². The minimum absolute atomic E-state index is 0.219. The highest BCUT2D eigenvalue weighted by Gasteiger charge is 2.13. The van der Waals surface area contributed by atoms with E-state index in [1.165, 1.54) is 0 Å². The maximum atomic E-state index is 6.11. The highest BCUT2D eigenvalue weighted by Crippen LogP contribution is 2.34. The number of anilines is 2. The van der Waals surface area contributed by atoms with Gasteiger partial charge in [0.25, 0.3) is 0 Å². The fourth-order valence-electron chi connectivity index (χ4n) is 1.45. The predicted molar refractivity (Wildman–Crippen MR) is 78.9 cm³/mol. The first-order valence-corrected chi connectivity index (χ1v) is 6.67. The summed E-state index contributed by atoms with van der Waals surface area (Å²) in [7, 11) is 0. The average Bonchev–Trinajstić information content (AvgIpc) is 2.40. The number of hydrogen-bond donors (Lipinski definition) is 2. The van der Waals surface area contributed by atoms with E-state index in [1.54, 1.807) is 18.2 Å². The Balaban J connectivity index is 2.38. The van der Waals surface area contributed by atoms with Crippen molar-refractivity contribution < 1.29 is 0 Å². The largest absolute Gasteiger partial charge is 0.382 e. The molecule has 0 fully saturated rings. The molecule has 8 heteroatoms. The van der Waals surface area contributed by atoms with Gasteiger partial charge in [0, 0.05) is 18.0 Å². The molecule has 0 saturated heterocycles. The maximum Gasteiger partial charge on any atom is 0.244 e. The van der Waals surface area contributed by atoms with Gasteiger partial charge in [0.05, 0.1) is 10.0 Å². The molecule has 100 valence electrons. The molecule has 5 nitrogen and oxygen atoms in total. The highest BCUT2D eigenvalue weighted by molar-refractivity contribution is 6.43. The Morgan fingerprint density at radius 2 is 2.00 bits per heavy atom. The van der Waals surface area contributed by atoms with Crippen LogP contribution < -0.4 is 11.1 Å². The van der Waals surface area contributed by atoms with E-state index in [0.717, 1.165) is 0 Å². The molecule has 0 aliphatic rings. The molecule has 0 atom stereocenters. The summed E-state index contributed by atoms with van der Waals surface area (Å²) >= 11 is 17.6. The van der Waals surface area contributed by atoms with Gasteiger partial charge >= 0.3 is 0 Å². The van der Waals surface area contributed by atoms with E-state index >= 15 is 0 Å². The van der Waals surface area contributed by atoms with Gasteiger partial charge in [-0.3, -0.25) is 0 Å². The van der Waals surface area contributed by atoms with Crippen molar-refractivity contribution in [3.05, 3.63) is 28.2 Å². The summed E-state index contributed by atoms with van der Waals surface area (Å²) in [5, 5.41) is 11.6. The van der Waals surface area contributed by atoms with Crippen molar-refractivity contribution in [3.8, 4) is 11.3 Å². The van der Waals surface area contributed by atoms with Crippen LogP contribution in [-0.4, -0.2) is 27.6 Å². The lowest BCUT2D eigenvalue weighted by Gasteiger charge is -2.08. The monoisotopic (exact) mass is 317 g/mol. The van der Waals surface area contributed by atoms with E-state index < -0.39 is 0 Å². The lowest BCUT2D eigenvalue weighted by Crippen LogP contribution is -2.10. The molecule has 0 unspecified atom stereocenters. The van der Waals surface area contributed by atoms with Crippen LogP contribution in [-0.2, 0) is 0 Å². The number of nitrogen functional groups attached to an aromatic ring is 1. The van der Waals surface area contributed by atoms with E-state index in [-0.39, 0.29) is 5.82 Å². The number of hydrogen-bond acceptors (Lipinski definition) is 5. The van der Waals surface area contributed by atoms with Crippen molar-refractivity contribution in [2.45, 2.75) is 0 Å². The van der Waals surface area contributed by atoms with Crippen LogP contribution in [0.5, 0.6) is 0 Å². The SMILES string of the molecule is Nc1nc(NCCCl)nnc1-c1cccc(Cl)c1Cl. The zero-order chi connectivity index (χ0) is 13.8. The van der Waals surface area contributed by atoms with Crippen LogP contribution in [0.1, 0.15) is 0 Å². The second kappa shape index (κ2) is 6.23. The summed E-state index contributed by atoms with van der Waals surface area (Å²) in [5.74, 6) is 0.974. The van der Waals surface area contributed by atoms with E-state index in [2.05, 4.69) is 20.5 Å². The fourth-order valence-corrected chi connectivity index (χ4v) is 1.93. The predicted octanol–water partition coefficient (Wildman–Crippen LogP) is 3.08. The molecule has 0 saturated carbocycles. The Morgan fingerprint density at radius 1 is 1.21 bits per heavy atom. The minimum atomic E-state index is 0.219. The van der Waals surface area contributed by atoms with Crippen LogP contribution in [0, 0.1) is 0 Å². The first-order chi connectivity index (χ1) is 9.13. The standard InChI is InChI=1S/C11H10Cl3N5/c12-4-5-16-11-17-10(15)9(18-19-11)6-2-1-3-7(13)8(6)14/h1-3H,4-5H2,(H3,15,16,17,19). The smallest absolute Gasteiger partial charge is 0.244 e. The zero-order valence-corrected chi connectivity index (χ0v) is 12.0. The van der Waals surface area contributed by atoms with Gasteiger partial charge < -0.3 is 11.1 Å². The summed E-state index contributed by atoms with van der Waals surface area (Å²) in [4.78, 5) is 4.09. The normalized spacial score (nSPS) is 10.5. The van der Waals surface area contributed by atoms with Crippen LogP contribution in [0.3, 0.4) is 0 Å². The molecule has 2 aromatic rings. The zero-order valence-electron chi connectivity index (χ0n) is 9.70. The van der Waals surface area contributed by atoms with Crippen molar-refractivity contribution in [2.24, 2.45) is 0 Å². The molecule has 0 aliphatic carbocycles. The number of nitrogens with two attached hydrogens (primary N) is 1. The van der Waals surface area contributed by atoms with E-state index in [4.69, 9.17) is 40.5 Å². The molecule has 0 aliphatic heterocycles. The Bertz CT molecular complexity index is 591. The molecule has 1 aromatic heterocycles. The first kappa shape index (κ1) is 14.1. The summed E-state index contributed by atoms with van der Waals surface area (Å²) in [5.41, 5.74) is 6.84. The first-order valence-electron chi connectivity index (χ1n) is 5.38. The van der Waals surface area contributed by atoms with Gasteiger partial charge in [-0.05, 0) is 6.07 Å². The second-order valence-electron chi connectivity index (χ2n) is 3.59. The van der Waals surface area contributed by atoms with Gasteiger partial charge in [0.2, 0.25) is 5.95 Å². The molecule has 1 heterocycles. The van der Waals surface area contributed by atoms with Gasteiger partial charge in [-0.25, -0.2) is 0 Å². The molecule has 0 radical (unpaired) electrons. The van der Waals surface area contributed by atoms with Gasteiger partial charge in [0.1, 0.15) is 5.69 Å². The molecule has 3 N–H and O–H groups in total. The minimum Gasteiger partial charge on any atom is -0.382 e. The van der Waals surface area contributed by atoms with Crippen molar-refractivity contribution in [1.29, 1.82) is 0 Å². The number of aromatic nitrogens is 3. The Kier molecular flexibility index (Phi) is 4.63. The van der Waals surface area contributed by atoms with Gasteiger partial charge in [-0.2, -0.15) is 4.98 Å². The van der Waals surface area contributed by atoms with Crippen molar-refractivity contribution >= 4 is 46.6 Å². The van der Waals surface area contributed by atoms with Crippen molar-refractivity contribution in [3.63, 3.8) is 0 Å². The average molecular weight is 319 g/mol. The molecular weight excluding hydrogens is 309 g/mol. The summed E-state index contributed by atoms with van der Waals surface area (Å²) in [6.07, 6.45) is 0. The van der Waals surface area contributed by atoms with Crippen molar-refractivity contribution in [2.75, 3.05) is 23.5 Å². The van der Waals surface area contributed by atoms with Gasteiger partial charge in [-0.15, -0.1) is 21.8 Å². The molecular formula is C11H10Cl3N5. The summed E-state index contributed by atoms with van der Waals surface area (Å²) in [6, 6.07) is 5.19. The topological polar surface area (TPSA) is 76.7 Å². The quantitative estimate of drug-likeness (QED) is 0.847. The van der Waals surface area contributed by atoms with Crippen LogP contribution >= 0.6 is 34.8 Å². The Labute approximate surface area is 125 Å². The number of halogens is 3. The molecule has 19 heavy (non-hydrogen) atoms. The Morgan fingerprint density at radius 3 is 2.68 bits per heavy atom. The van der Waals surface area contributed by atoms with Crippen LogP contribution in [0.25, 0.3) is 11.3 Å². The lowest BCUT2D eigenvalue weighted by atomic mass is 10.1. The third-order valence-electron chi connectivity index (χ3n) is 2.30. The Hall–Kier alpha value is -1.30. The second-order valence-corrected chi connectivity index (χ2v) is 4.75. The van der Waals surface area contributed by atoms with E-state index in [9.17, 15) is 0 Å². The molecule has 0 bridgehead atoms. The maximum absolute atomic E-state index is 6.11. The molecule has 2 rings (SSSR count). The number of nitrogens with zero attached hydrogens (tertiary/aromatic N) is 3. The number of nitrogens with one attached hydrogen (secondary N) is 1. The number of benzene rings is 1. The summed E-state index contributed by atoms with van der Waals surface area (Å²) < 4.78 is 0. The van der Waals surface area contributed by atoms with Crippen molar-refractivity contribution in [1.82, 2.24) is 15.2 Å². The highest BCUT2D eigenvalue weighted by atomic mass is 35.5.